The predicted molar refractivity (Wildman–Crippen MR) is 80.3 cm³/mol. The maximum atomic E-state index is 4.46. The number of aryl methyl sites for hydroxylation is 2. The van der Waals surface area contributed by atoms with Crippen LogP contribution in [0, 0.1) is 13.8 Å². The lowest BCUT2D eigenvalue weighted by molar-refractivity contribution is 0.584. The summed E-state index contributed by atoms with van der Waals surface area (Å²) in [6.45, 7) is 9.53. The molecule has 3 nitrogen and oxygen atoms in total. The van der Waals surface area contributed by atoms with Crippen molar-refractivity contribution in [3.63, 3.8) is 0 Å². The van der Waals surface area contributed by atoms with E-state index in [0.717, 1.165) is 24.5 Å². The quantitative estimate of drug-likeness (QED) is 0.863. The second kappa shape index (κ2) is 6.02. The van der Waals surface area contributed by atoms with Crippen molar-refractivity contribution >= 4 is 0 Å². The molecule has 0 amide bonds. The predicted octanol–water partition coefficient (Wildman–Crippen LogP) is 3.23. The van der Waals surface area contributed by atoms with Gasteiger partial charge in [-0.05, 0) is 19.4 Å². The molecule has 19 heavy (non-hydrogen) atoms. The number of nitrogens with one attached hydrogen (secondary N) is 2. The molecule has 0 saturated carbocycles. The molecule has 1 aromatic carbocycles. The fourth-order valence-electron chi connectivity index (χ4n) is 2.22. The molecule has 0 bridgehead atoms. The molecule has 0 aliphatic rings. The van der Waals surface area contributed by atoms with Crippen LogP contribution in [0.4, 0.5) is 0 Å². The Morgan fingerprint density at radius 3 is 2.74 bits per heavy atom. The van der Waals surface area contributed by atoms with Crippen LogP contribution in [0.5, 0.6) is 0 Å². The highest BCUT2D eigenvalue weighted by atomic mass is 14.9. The molecule has 3 heteroatoms. The molecule has 2 N–H and O–H groups in total. The molecular weight excluding hydrogens is 234 g/mol. The lowest BCUT2D eigenvalue weighted by Crippen LogP contribution is -2.25. The minimum atomic E-state index is 0.522. The Morgan fingerprint density at radius 2 is 2.05 bits per heavy atom. The van der Waals surface area contributed by atoms with Crippen molar-refractivity contribution in [1.82, 2.24) is 15.3 Å². The van der Waals surface area contributed by atoms with Crippen molar-refractivity contribution in [3.8, 4) is 11.3 Å². The highest BCUT2D eigenvalue weighted by Crippen LogP contribution is 2.22. The van der Waals surface area contributed by atoms with Gasteiger partial charge < -0.3 is 10.3 Å². The molecule has 2 aromatic rings. The topological polar surface area (TPSA) is 40.7 Å². The molecule has 0 aliphatic heterocycles. The van der Waals surface area contributed by atoms with Gasteiger partial charge in [-0.25, -0.2) is 4.98 Å². The smallest absolute Gasteiger partial charge is 0.107 e. The lowest BCUT2D eigenvalue weighted by Gasteiger charge is -2.06. The summed E-state index contributed by atoms with van der Waals surface area (Å²) in [6.07, 6.45) is 2.87. The van der Waals surface area contributed by atoms with E-state index >= 15 is 0 Å². The van der Waals surface area contributed by atoms with E-state index in [0.29, 0.717) is 6.04 Å². The zero-order chi connectivity index (χ0) is 13.8. The van der Waals surface area contributed by atoms with E-state index in [2.05, 4.69) is 61.2 Å². The minimum Gasteiger partial charge on any atom is -0.342 e. The van der Waals surface area contributed by atoms with Crippen LogP contribution in [-0.4, -0.2) is 22.6 Å². The molecule has 102 valence electrons. The van der Waals surface area contributed by atoms with Gasteiger partial charge >= 0.3 is 0 Å². The molecule has 0 atom stereocenters. The normalized spacial score (nSPS) is 11.2. The number of hydrogen-bond donors (Lipinski definition) is 2. The van der Waals surface area contributed by atoms with E-state index in [9.17, 15) is 0 Å². The zero-order valence-corrected chi connectivity index (χ0v) is 12.2. The fraction of sp³-hybridized carbons (Fsp3) is 0.438. The number of nitrogens with zero attached hydrogens (tertiary/aromatic N) is 1. The van der Waals surface area contributed by atoms with Crippen LogP contribution < -0.4 is 5.32 Å². The lowest BCUT2D eigenvalue weighted by atomic mass is 10.0. The Balaban J connectivity index is 2.08. The van der Waals surface area contributed by atoms with Crippen molar-refractivity contribution in [1.29, 1.82) is 0 Å². The van der Waals surface area contributed by atoms with Gasteiger partial charge in [-0.1, -0.05) is 37.6 Å². The first-order chi connectivity index (χ1) is 9.06. The van der Waals surface area contributed by atoms with Crippen LogP contribution in [0.1, 0.15) is 30.8 Å². The third-order valence-electron chi connectivity index (χ3n) is 3.21. The van der Waals surface area contributed by atoms with E-state index in [1.807, 2.05) is 6.20 Å². The van der Waals surface area contributed by atoms with Gasteiger partial charge in [-0.3, -0.25) is 0 Å². The summed E-state index contributed by atoms with van der Waals surface area (Å²) in [5.74, 6) is 1.04. The number of imidazole rings is 1. The zero-order valence-electron chi connectivity index (χ0n) is 12.2. The Labute approximate surface area is 115 Å². The standard InChI is InChI=1S/C16H23N3/c1-11(2)17-8-7-16-18-10-15(19-16)14-6-5-12(3)9-13(14)4/h5-6,9-11,17H,7-8H2,1-4H3,(H,18,19). The van der Waals surface area contributed by atoms with Gasteiger partial charge in [0.25, 0.3) is 0 Å². The van der Waals surface area contributed by atoms with Gasteiger partial charge in [0.2, 0.25) is 0 Å². The van der Waals surface area contributed by atoms with Crippen LogP contribution in [0.2, 0.25) is 0 Å². The summed E-state index contributed by atoms with van der Waals surface area (Å²) in [5, 5.41) is 3.40. The van der Waals surface area contributed by atoms with Gasteiger partial charge in [-0.2, -0.15) is 0 Å². The largest absolute Gasteiger partial charge is 0.342 e. The van der Waals surface area contributed by atoms with Crippen LogP contribution in [0.15, 0.2) is 24.4 Å². The van der Waals surface area contributed by atoms with E-state index in [-0.39, 0.29) is 0 Å². The Kier molecular flexibility index (Phi) is 4.38. The Morgan fingerprint density at radius 1 is 1.26 bits per heavy atom. The summed E-state index contributed by atoms with van der Waals surface area (Å²) >= 11 is 0. The molecule has 0 spiro atoms. The number of benzene rings is 1. The summed E-state index contributed by atoms with van der Waals surface area (Å²) in [5.41, 5.74) is 4.93. The molecule has 0 radical (unpaired) electrons. The van der Waals surface area contributed by atoms with Crippen molar-refractivity contribution in [2.75, 3.05) is 6.54 Å². The number of aromatic nitrogens is 2. The highest BCUT2D eigenvalue weighted by molar-refractivity contribution is 5.63. The Bertz CT molecular complexity index is 541. The number of rotatable bonds is 5. The maximum absolute atomic E-state index is 4.46. The summed E-state index contributed by atoms with van der Waals surface area (Å²) in [6, 6.07) is 7.03. The second-order valence-electron chi connectivity index (χ2n) is 5.42. The first-order valence-electron chi connectivity index (χ1n) is 6.91. The van der Waals surface area contributed by atoms with E-state index in [1.165, 1.54) is 16.7 Å². The Hall–Kier alpha value is -1.61. The average Bonchev–Trinajstić information content (AvgIpc) is 2.77. The van der Waals surface area contributed by atoms with Crippen LogP contribution >= 0.6 is 0 Å². The van der Waals surface area contributed by atoms with Gasteiger partial charge in [0, 0.05) is 24.6 Å². The third kappa shape index (κ3) is 3.67. The van der Waals surface area contributed by atoms with Gasteiger partial charge in [-0.15, -0.1) is 0 Å². The SMILES string of the molecule is Cc1ccc(-c2cnc(CCNC(C)C)[nH]2)c(C)c1. The first-order valence-corrected chi connectivity index (χ1v) is 6.91. The van der Waals surface area contributed by atoms with Gasteiger partial charge in [0.15, 0.2) is 0 Å². The van der Waals surface area contributed by atoms with E-state index in [1.54, 1.807) is 0 Å². The molecule has 0 aliphatic carbocycles. The summed E-state index contributed by atoms with van der Waals surface area (Å²) < 4.78 is 0. The molecular formula is C16H23N3. The van der Waals surface area contributed by atoms with Crippen LogP contribution in [-0.2, 0) is 6.42 Å². The second-order valence-corrected chi connectivity index (χ2v) is 5.42. The van der Waals surface area contributed by atoms with Crippen LogP contribution in [0.25, 0.3) is 11.3 Å². The molecule has 2 rings (SSSR count). The van der Waals surface area contributed by atoms with Crippen LogP contribution in [0.3, 0.4) is 0 Å². The number of hydrogen-bond acceptors (Lipinski definition) is 2. The fourth-order valence-corrected chi connectivity index (χ4v) is 2.22. The first kappa shape index (κ1) is 13.8. The molecule has 1 aromatic heterocycles. The maximum Gasteiger partial charge on any atom is 0.107 e. The van der Waals surface area contributed by atoms with Crippen molar-refractivity contribution in [3.05, 3.63) is 41.3 Å². The van der Waals surface area contributed by atoms with Crippen molar-refractivity contribution < 1.29 is 0 Å². The van der Waals surface area contributed by atoms with Crippen molar-refractivity contribution in [2.45, 2.75) is 40.2 Å². The van der Waals surface area contributed by atoms with Gasteiger partial charge in [0.05, 0.1) is 11.9 Å². The monoisotopic (exact) mass is 257 g/mol. The molecule has 0 saturated heterocycles. The molecule has 0 fully saturated rings. The molecule has 1 heterocycles. The molecule has 0 unspecified atom stereocenters. The van der Waals surface area contributed by atoms with E-state index < -0.39 is 0 Å². The highest BCUT2D eigenvalue weighted by Gasteiger charge is 2.06. The average molecular weight is 257 g/mol. The third-order valence-corrected chi connectivity index (χ3v) is 3.21. The number of aromatic amines is 1. The summed E-state index contributed by atoms with van der Waals surface area (Å²) in [4.78, 5) is 7.87. The van der Waals surface area contributed by atoms with Crippen molar-refractivity contribution in [2.24, 2.45) is 0 Å². The number of H-pyrrole nitrogens is 1. The summed E-state index contributed by atoms with van der Waals surface area (Å²) in [7, 11) is 0. The van der Waals surface area contributed by atoms with E-state index in [4.69, 9.17) is 0 Å². The van der Waals surface area contributed by atoms with Gasteiger partial charge in [0.1, 0.15) is 5.82 Å². The minimum absolute atomic E-state index is 0.522.